The quantitative estimate of drug-likeness (QED) is 0.817. The summed E-state index contributed by atoms with van der Waals surface area (Å²) in [5, 5.41) is 1.14. The predicted molar refractivity (Wildman–Crippen MR) is 97.1 cm³/mol. The van der Waals surface area contributed by atoms with E-state index in [0.717, 1.165) is 30.4 Å². The standard InChI is InChI=1S/C18H23N3O3S/c22-18(13-21-7-5-15-3-1-2-4-17(15)21)20-10-8-19(9-11-20)16-6-12-25(23,24)14-16/h1-5,7,16H,6,8-14H2/t16-/m0/s1. The lowest BCUT2D eigenvalue weighted by atomic mass is 10.2. The van der Waals surface area contributed by atoms with E-state index in [2.05, 4.69) is 4.90 Å². The second-order valence-electron chi connectivity index (χ2n) is 6.98. The fourth-order valence-corrected chi connectivity index (χ4v) is 5.69. The molecule has 7 heteroatoms. The molecule has 2 aliphatic rings. The molecule has 2 aliphatic heterocycles. The van der Waals surface area contributed by atoms with Crippen LogP contribution in [0.3, 0.4) is 0 Å². The molecule has 1 atom stereocenters. The van der Waals surface area contributed by atoms with E-state index < -0.39 is 9.84 Å². The molecule has 0 spiro atoms. The van der Waals surface area contributed by atoms with Gasteiger partial charge in [0.1, 0.15) is 6.54 Å². The third kappa shape index (κ3) is 3.43. The van der Waals surface area contributed by atoms with Crippen molar-refractivity contribution < 1.29 is 13.2 Å². The first-order valence-corrected chi connectivity index (χ1v) is 10.6. The van der Waals surface area contributed by atoms with Crippen molar-refractivity contribution in [2.75, 3.05) is 37.7 Å². The Kier molecular flexibility index (Phi) is 4.29. The van der Waals surface area contributed by atoms with Gasteiger partial charge in [0.15, 0.2) is 9.84 Å². The number of carbonyl (C=O) groups is 1. The molecule has 2 saturated heterocycles. The minimum absolute atomic E-state index is 0.125. The van der Waals surface area contributed by atoms with E-state index >= 15 is 0 Å². The Morgan fingerprint density at radius 2 is 1.84 bits per heavy atom. The van der Waals surface area contributed by atoms with Crippen LogP contribution < -0.4 is 0 Å². The maximum atomic E-state index is 12.6. The summed E-state index contributed by atoms with van der Waals surface area (Å²) in [6.07, 6.45) is 2.69. The second-order valence-corrected chi connectivity index (χ2v) is 9.20. The van der Waals surface area contributed by atoms with Crippen molar-refractivity contribution >= 4 is 26.6 Å². The van der Waals surface area contributed by atoms with Crippen LogP contribution in [-0.4, -0.2) is 72.4 Å². The number of para-hydroxylation sites is 1. The van der Waals surface area contributed by atoms with E-state index in [9.17, 15) is 13.2 Å². The average molecular weight is 361 g/mol. The van der Waals surface area contributed by atoms with Gasteiger partial charge in [-0.3, -0.25) is 9.69 Å². The molecule has 134 valence electrons. The highest BCUT2D eigenvalue weighted by Gasteiger charge is 2.34. The highest BCUT2D eigenvalue weighted by atomic mass is 32.2. The zero-order valence-corrected chi connectivity index (χ0v) is 15.0. The highest BCUT2D eigenvalue weighted by molar-refractivity contribution is 7.91. The summed E-state index contributed by atoms with van der Waals surface area (Å²) in [5.74, 6) is 0.702. The number of amides is 1. The number of nitrogens with zero attached hydrogens (tertiary/aromatic N) is 3. The second kappa shape index (κ2) is 6.46. The molecule has 0 N–H and O–H groups in total. The van der Waals surface area contributed by atoms with Gasteiger partial charge >= 0.3 is 0 Å². The summed E-state index contributed by atoms with van der Waals surface area (Å²) in [5.41, 5.74) is 1.07. The van der Waals surface area contributed by atoms with Crippen molar-refractivity contribution in [2.45, 2.75) is 19.0 Å². The van der Waals surface area contributed by atoms with Crippen LogP contribution in [-0.2, 0) is 21.2 Å². The molecule has 1 aromatic carbocycles. The molecule has 6 nitrogen and oxygen atoms in total. The van der Waals surface area contributed by atoms with E-state index in [-0.39, 0.29) is 17.7 Å². The van der Waals surface area contributed by atoms with Crippen molar-refractivity contribution in [1.29, 1.82) is 0 Å². The molecule has 2 aromatic rings. The van der Waals surface area contributed by atoms with Gasteiger partial charge in [0.05, 0.1) is 11.5 Å². The normalized spacial score (nSPS) is 24.0. The molecular formula is C18H23N3O3S. The van der Waals surface area contributed by atoms with Crippen molar-refractivity contribution in [3.8, 4) is 0 Å². The first-order valence-electron chi connectivity index (χ1n) is 8.78. The summed E-state index contributed by atoms with van der Waals surface area (Å²) in [6.45, 7) is 3.23. The Labute approximate surface area is 147 Å². The SMILES string of the molecule is O=C(Cn1ccc2ccccc21)N1CCN([C@H]2CCS(=O)(=O)C2)CC1. The van der Waals surface area contributed by atoms with Gasteiger partial charge in [-0.2, -0.15) is 0 Å². The molecule has 0 aliphatic carbocycles. The Morgan fingerprint density at radius 1 is 1.08 bits per heavy atom. The third-order valence-electron chi connectivity index (χ3n) is 5.38. The Bertz CT molecular complexity index is 882. The topological polar surface area (TPSA) is 62.6 Å². The van der Waals surface area contributed by atoms with E-state index in [4.69, 9.17) is 0 Å². The van der Waals surface area contributed by atoms with Gasteiger partial charge in [-0.05, 0) is 23.9 Å². The highest BCUT2D eigenvalue weighted by Crippen LogP contribution is 2.20. The van der Waals surface area contributed by atoms with Crippen molar-refractivity contribution in [3.63, 3.8) is 0 Å². The summed E-state index contributed by atoms with van der Waals surface area (Å²) in [7, 11) is -2.86. The van der Waals surface area contributed by atoms with Gasteiger partial charge < -0.3 is 9.47 Å². The molecule has 1 amide bonds. The number of carbonyl (C=O) groups excluding carboxylic acids is 1. The van der Waals surface area contributed by atoms with Crippen LogP contribution in [0.15, 0.2) is 36.5 Å². The minimum Gasteiger partial charge on any atom is -0.339 e. The maximum absolute atomic E-state index is 12.6. The number of hydrogen-bond acceptors (Lipinski definition) is 4. The molecular weight excluding hydrogens is 338 g/mol. The predicted octanol–water partition coefficient (Wildman–Crippen LogP) is 0.973. The van der Waals surface area contributed by atoms with Crippen LogP contribution in [0.2, 0.25) is 0 Å². The zero-order chi connectivity index (χ0) is 17.4. The van der Waals surface area contributed by atoms with Crippen LogP contribution >= 0.6 is 0 Å². The van der Waals surface area contributed by atoms with Gasteiger partial charge in [0.2, 0.25) is 5.91 Å². The average Bonchev–Trinajstić information content (AvgIpc) is 3.18. The largest absolute Gasteiger partial charge is 0.339 e. The Hall–Kier alpha value is -1.86. The lowest BCUT2D eigenvalue weighted by molar-refractivity contribution is -0.133. The molecule has 0 bridgehead atoms. The van der Waals surface area contributed by atoms with E-state index in [0.29, 0.717) is 25.4 Å². The maximum Gasteiger partial charge on any atom is 0.242 e. The van der Waals surface area contributed by atoms with E-state index in [1.54, 1.807) is 0 Å². The van der Waals surface area contributed by atoms with E-state index in [1.807, 2.05) is 46.0 Å². The Morgan fingerprint density at radius 3 is 2.56 bits per heavy atom. The van der Waals surface area contributed by atoms with Crippen molar-refractivity contribution in [2.24, 2.45) is 0 Å². The molecule has 0 saturated carbocycles. The van der Waals surface area contributed by atoms with Gasteiger partial charge in [0, 0.05) is 43.9 Å². The molecule has 0 radical (unpaired) electrons. The fourth-order valence-electron chi connectivity index (χ4n) is 3.92. The van der Waals surface area contributed by atoms with Gasteiger partial charge in [-0.25, -0.2) is 8.42 Å². The molecule has 4 rings (SSSR count). The number of rotatable bonds is 3. The number of fused-ring (bicyclic) bond motifs is 1. The third-order valence-corrected chi connectivity index (χ3v) is 7.13. The summed E-state index contributed by atoms with van der Waals surface area (Å²) < 4.78 is 25.3. The number of piperazine rings is 1. The van der Waals surface area contributed by atoms with Gasteiger partial charge in [-0.15, -0.1) is 0 Å². The monoisotopic (exact) mass is 361 g/mol. The smallest absolute Gasteiger partial charge is 0.242 e. The molecule has 3 heterocycles. The molecule has 25 heavy (non-hydrogen) atoms. The van der Waals surface area contributed by atoms with Crippen molar-refractivity contribution in [1.82, 2.24) is 14.4 Å². The van der Waals surface area contributed by atoms with E-state index in [1.165, 1.54) is 0 Å². The summed E-state index contributed by atoms with van der Waals surface area (Å²) in [4.78, 5) is 16.8. The minimum atomic E-state index is -2.86. The first-order chi connectivity index (χ1) is 12.0. The lowest BCUT2D eigenvalue weighted by Crippen LogP contribution is -2.52. The molecule has 0 unspecified atom stereocenters. The van der Waals surface area contributed by atoms with Gasteiger partial charge in [0.25, 0.3) is 0 Å². The number of sulfone groups is 1. The molecule has 2 fully saturated rings. The molecule has 1 aromatic heterocycles. The van der Waals surface area contributed by atoms with Gasteiger partial charge in [-0.1, -0.05) is 18.2 Å². The summed E-state index contributed by atoms with van der Waals surface area (Å²) >= 11 is 0. The summed E-state index contributed by atoms with van der Waals surface area (Å²) in [6, 6.07) is 10.2. The fraction of sp³-hybridized carbons (Fsp3) is 0.500. The number of hydrogen-bond donors (Lipinski definition) is 0. The van der Waals surface area contributed by atoms with Crippen LogP contribution in [0, 0.1) is 0 Å². The van der Waals surface area contributed by atoms with Crippen LogP contribution in [0.1, 0.15) is 6.42 Å². The zero-order valence-electron chi connectivity index (χ0n) is 14.2. The van der Waals surface area contributed by atoms with Crippen LogP contribution in [0.4, 0.5) is 0 Å². The number of benzene rings is 1. The lowest BCUT2D eigenvalue weighted by Gasteiger charge is -2.37. The number of aromatic nitrogens is 1. The van der Waals surface area contributed by atoms with Crippen LogP contribution in [0.5, 0.6) is 0 Å². The van der Waals surface area contributed by atoms with Crippen LogP contribution in [0.25, 0.3) is 10.9 Å². The first kappa shape index (κ1) is 16.6. The Balaban J connectivity index is 1.35. The van der Waals surface area contributed by atoms with Crippen molar-refractivity contribution in [3.05, 3.63) is 36.5 Å².